The van der Waals surface area contributed by atoms with E-state index >= 15 is 4.57 Å². The van der Waals surface area contributed by atoms with Crippen LogP contribution in [0.4, 0.5) is 26.3 Å². The first-order valence-electron chi connectivity index (χ1n) is 20.3. The molecule has 0 N–H and O–H groups in total. The van der Waals surface area contributed by atoms with Gasteiger partial charge in [0.05, 0.1) is 11.1 Å². The summed E-state index contributed by atoms with van der Waals surface area (Å²) in [4.78, 5) is 0. The van der Waals surface area contributed by atoms with Crippen LogP contribution in [0, 0.1) is 65.2 Å². The molecule has 0 spiro atoms. The fourth-order valence-electron chi connectivity index (χ4n) is 8.53. The Kier molecular flexibility index (Phi) is 12.5. The van der Waals surface area contributed by atoms with Crippen molar-refractivity contribution in [1.82, 2.24) is 0 Å². The van der Waals surface area contributed by atoms with E-state index in [1.54, 1.807) is 54.6 Å². The van der Waals surface area contributed by atoms with E-state index in [1.807, 2.05) is 32.0 Å². The molecule has 1 nitrogen and oxygen atoms in total. The molecule has 0 fully saturated rings. The molecule has 0 saturated heterocycles. The lowest BCUT2D eigenvalue weighted by Gasteiger charge is -2.27. The van der Waals surface area contributed by atoms with Crippen molar-refractivity contribution in [1.29, 1.82) is 0 Å². The third-order valence-corrected chi connectivity index (χ3v) is 14.3. The van der Waals surface area contributed by atoms with Crippen LogP contribution in [0.25, 0.3) is 0 Å². The Balaban J connectivity index is 1.63. The number of hydrogen-bond acceptors (Lipinski definition) is 1. The molecule has 7 aromatic carbocycles. The first kappa shape index (κ1) is 44.6. The molecule has 7 aromatic rings. The van der Waals surface area contributed by atoms with Gasteiger partial charge in [-0.15, -0.1) is 0 Å². The first-order valence-corrected chi connectivity index (χ1v) is 22.0. The molecule has 9 heteroatoms. The summed E-state index contributed by atoms with van der Waals surface area (Å²) in [5.74, 6) is 12.8. The van der Waals surface area contributed by atoms with Gasteiger partial charge in [0.15, 0.2) is 7.14 Å². The van der Waals surface area contributed by atoms with E-state index in [0.29, 0.717) is 43.6 Å². The van der Waals surface area contributed by atoms with Crippen molar-refractivity contribution in [2.24, 2.45) is 0 Å². The minimum absolute atomic E-state index is 0.322. The number of alkyl halides is 6. The normalized spacial score (nSPS) is 11.6. The van der Waals surface area contributed by atoms with Crippen LogP contribution in [0.1, 0.15) is 66.8 Å². The molecule has 7 rings (SSSR count). The highest BCUT2D eigenvalue weighted by molar-refractivity contribution is 7.85. The molecular formula is C54H42BF6OP. The Morgan fingerprint density at radius 2 is 0.810 bits per heavy atom. The average molecular weight is 863 g/mol. The highest BCUT2D eigenvalue weighted by atomic mass is 31.2. The number of rotatable bonds is 6. The Labute approximate surface area is 365 Å². The third kappa shape index (κ3) is 9.49. The summed E-state index contributed by atoms with van der Waals surface area (Å²) in [5, 5.41) is 1.40. The fraction of sp³-hybridized carbons (Fsp3) is 0.148. The predicted octanol–water partition coefficient (Wildman–Crippen LogP) is 10.5. The minimum atomic E-state index is -4.53. The summed E-state index contributed by atoms with van der Waals surface area (Å²) >= 11 is 0. The molecule has 0 aromatic heterocycles. The van der Waals surface area contributed by atoms with Gasteiger partial charge < -0.3 is 4.57 Å². The quantitative estimate of drug-likeness (QED) is 0.0705. The maximum atomic E-state index is 16.3. The predicted molar refractivity (Wildman–Crippen MR) is 247 cm³/mol. The maximum absolute atomic E-state index is 16.3. The third-order valence-electron chi connectivity index (χ3n) is 11.2. The fourth-order valence-corrected chi connectivity index (χ4v) is 11.3. The van der Waals surface area contributed by atoms with Crippen molar-refractivity contribution in [3.63, 3.8) is 0 Å². The minimum Gasteiger partial charge on any atom is -0.309 e. The highest BCUT2D eigenvalue weighted by Crippen LogP contribution is 2.43. The molecule has 314 valence electrons. The van der Waals surface area contributed by atoms with Crippen LogP contribution in [-0.4, -0.2) is 6.71 Å². The molecule has 0 bridgehead atoms. The van der Waals surface area contributed by atoms with Crippen molar-refractivity contribution in [2.45, 2.75) is 53.9 Å². The average Bonchev–Trinajstić information content (AvgIpc) is 3.23. The van der Waals surface area contributed by atoms with Crippen molar-refractivity contribution >= 4 is 46.2 Å². The standard InChI is InChI=1S/C54H42BF6OP/c1-35-29-37(3)51(38(4)30-35)55(52-39(5)31-36(2)32-40(52)6)49-33-44(24-18-42-21-27-46(28-22-42)54(59,60)61)50(34-43(49)23-17-41-19-25-45(26-20-41)53(56,57)58)63(62,47-13-9-7-10-14-47)48-15-11-8-12-16-48/h7-16,19-22,25-34H,1-6H3. The van der Waals surface area contributed by atoms with Gasteiger partial charge in [-0.3, -0.25) is 0 Å². The van der Waals surface area contributed by atoms with Gasteiger partial charge in [-0.1, -0.05) is 158 Å². The van der Waals surface area contributed by atoms with Crippen LogP contribution in [0.5, 0.6) is 0 Å². The highest BCUT2D eigenvalue weighted by Gasteiger charge is 2.36. The van der Waals surface area contributed by atoms with E-state index in [0.717, 1.165) is 68.6 Å². The summed E-state index contributed by atoms with van der Waals surface area (Å²) in [5.41, 5.74) is 8.97. The lowest BCUT2D eigenvalue weighted by molar-refractivity contribution is -0.138. The monoisotopic (exact) mass is 862 g/mol. The molecular weight excluding hydrogens is 820 g/mol. The Morgan fingerprint density at radius 3 is 1.17 bits per heavy atom. The van der Waals surface area contributed by atoms with Crippen LogP contribution in [0.2, 0.25) is 0 Å². The van der Waals surface area contributed by atoms with E-state index in [2.05, 4.69) is 75.6 Å². The molecule has 0 atom stereocenters. The molecule has 0 aliphatic heterocycles. The van der Waals surface area contributed by atoms with Crippen LogP contribution in [0.3, 0.4) is 0 Å². The van der Waals surface area contributed by atoms with E-state index in [-0.39, 0.29) is 0 Å². The second-order valence-corrected chi connectivity index (χ2v) is 18.7. The number of halogens is 6. The zero-order valence-corrected chi connectivity index (χ0v) is 36.5. The van der Waals surface area contributed by atoms with E-state index in [1.165, 1.54) is 24.3 Å². The second kappa shape index (κ2) is 17.7. The molecule has 0 amide bonds. The molecule has 0 aliphatic rings. The Bertz CT molecular complexity index is 2860. The summed E-state index contributed by atoms with van der Waals surface area (Å²) in [6, 6.07) is 39.5. The SMILES string of the molecule is Cc1cc(C)c(B(c2cc(C#Cc3ccc(C(F)(F)F)cc3)c(P(=O)(c3ccccc3)c3ccccc3)cc2C#Cc2ccc(C(F)(F)F)cc2)c2c(C)cc(C)cc2C)c(C)c1. The molecule has 0 aliphatic carbocycles. The van der Waals surface area contributed by atoms with Crippen LogP contribution in [0.15, 0.2) is 146 Å². The summed E-state index contributed by atoms with van der Waals surface area (Å²) < 4.78 is 97.9. The summed E-state index contributed by atoms with van der Waals surface area (Å²) in [7, 11) is -3.80. The number of aryl methyl sites for hydroxylation is 6. The van der Waals surface area contributed by atoms with Crippen LogP contribution >= 0.6 is 7.14 Å². The first-order chi connectivity index (χ1) is 29.8. The van der Waals surface area contributed by atoms with Gasteiger partial charge in [-0.25, -0.2) is 0 Å². The largest absolute Gasteiger partial charge is 0.416 e. The lowest BCUT2D eigenvalue weighted by Crippen LogP contribution is -2.57. The van der Waals surface area contributed by atoms with Gasteiger partial charge in [0.1, 0.15) is 0 Å². The van der Waals surface area contributed by atoms with E-state index < -0.39 is 37.3 Å². The van der Waals surface area contributed by atoms with Gasteiger partial charge in [0.25, 0.3) is 0 Å². The van der Waals surface area contributed by atoms with Crippen molar-refractivity contribution in [2.75, 3.05) is 0 Å². The molecule has 0 radical (unpaired) electrons. The maximum Gasteiger partial charge on any atom is 0.416 e. The van der Waals surface area contributed by atoms with Gasteiger partial charge in [-0.2, -0.15) is 26.3 Å². The second-order valence-electron chi connectivity index (χ2n) is 15.9. The van der Waals surface area contributed by atoms with Crippen LogP contribution < -0.4 is 32.3 Å². The zero-order chi connectivity index (χ0) is 45.3. The summed E-state index contributed by atoms with van der Waals surface area (Å²) in [6.45, 7) is 11.9. The molecule has 63 heavy (non-hydrogen) atoms. The summed E-state index contributed by atoms with van der Waals surface area (Å²) in [6.07, 6.45) is -9.06. The Morgan fingerprint density at radius 1 is 0.444 bits per heavy atom. The smallest absolute Gasteiger partial charge is 0.309 e. The number of hydrogen-bond donors (Lipinski definition) is 0. The van der Waals surface area contributed by atoms with Crippen molar-refractivity contribution in [3.05, 3.63) is 212 Å². The van der Waals surface area contributed by atoms with Gasteiger partial charge >= 0.3 is 12.4 Å². The Hall–Kier alpha value is -6.47. The van der Waals surface area contributed by atoms with E-state index in [4.69, 9.17) is 0 Å². The van der Waals surface area contributed by atoms with Crippen LogP contribution in [-0.2, 0) is 16.9 Å². The molecule has 0 saturated carbocycles. The van der Waals surface area contributed by atoms with Crippen molar-refractivity contribution < 1.29 is 30.9 Å². The lowest BCUT2D eigenvalue weighted by atomic mass is 9.33. The van der Waals surface area contributed by atoms with Gasteiger partial charge in [0, 0.05) is 38.2 Å². The van der Waals surface area contributed by atoms with Gasteiger partial charge in [0.2, 0.25) is 6.71 Å². The topological polar surface area (TPSA) is 17.1 Å². The van der Waals surface area contributed by atoms with E-state index in [9.17, 15) is 26.3 Å². The van der Waals surface area contributed by atoms with Gasteiger partial charge in [-0.05, 0) is 102 Å². The molecule has 0 unspecified atom stereocenters. The molecule has 0 heterocycles. The van der Waals surface area contributed by atoms with Crippen molar-refractivity contribution in [3.8, 4) is 23.7 Å². The zero-order valence-electron chi connectivity index (χ0n) is 35.6. The number of benzene rings is 7.